The predicted molar refractivity (Wildman–Crippen MR) is 73.2 cm³/mol. The summed E-state index contributed by atoms with van der Waals surface area (Å²) < 4.78 is 0. The summed E-state index contributed by atoms with van der Waals surface area (Å²) in [5, 5.41) is 16.6. The molecule has 0 saturated heterocycles. The van der Waals surface area contributed by atoms with Gasteiger partial charge in [0, 0.05) is 0 Å². The predicted octanol–water partition coefficient (Wildman–Crippen LogP) is 2.85. The fourth-order valence-electron chi connectivity index (χ4n) is 1.53. The molecule has 2 N–H and O–H groups in total. The van der Waals surface area contributed by atoms with Gasteiger partial charge in [0.15, 0.2) is 0 Å². The summed E-state index contributed by atoms with van der Waals surface area (Å²) in [6, 6.07) is 0. The zero-order valence-electron chi connectivity index (χ0n) is 10.7. The average molecular weight is 285 g/mol. The molecular formula is C14H17ClO4. The van der Waals surface area contributed by atoms with Crippen LogP contribution in [0.3, 0.4) is 0 Å². The summed E-state index contributed by atoms with van der Waals surface area (Å²) in [6.45, 7) is 5.01. The summed E-state index contributed by atoms with van der Waals surface area (Å²) in [4.78, 5) is 21.6. The Balaban J connectivity index is 0.000000300. The van der Waals surface area contributed by atoms with Gasteiger partial charge >= 0.3 is 11.9 Å². The Labute approximate surface area is 117 Å². The minimum atomic E-state index is -1.36. The van der Waals surface area contributed by atoms with Crippen LogP contribution < -0.4 is 0 Å². The Morgan fingerprint density at radius 1 is 1.47 bits per heavy atom. The molecule has 104 valence electrons. The maximum absolute atomic E-state index is 10.9. The highest BCUT2D eigenvalue weighted by Crippen LogP contribution is 2.36. The highest BCUT2D eigenvalue weighted by molar-refractivity contribution is 6.27. The normalized spacial score (nSPS) is 28.7. The number of hydrogen-bond donors (Lipinski definition) is 2. The second kappa shape index (κ2) is 6.06. The Kier molecular flexibility index (Phi) is 4.95. The molecule has 0 bridgehead atoms. The van der Waals surface area contributed by atoms with Crippen molar-refractivity contribution in [2.45, 2.75) is 25.1 Å². The third-order valence-electron chi connectivity index (χ3n) is 3.18. The number of rotatable bonds is 3. The van der Waals surface area contributed by atoms with Crippen molar-refractivity contribution >= 4 is 23.5 Å². The summed E-state index contributed by atoms with van der Waals surface area (Å²) >= 11 is 5.80. The van der Waals surface area contributed by atoms with Crippen molar-refractivity contribution in [3.8, 4) is 0 Å². The number of aliphatic carboxylic acids is 2. The molecule has 0 aliphatic heterocycles. The summed E-state index contributed by atoms with van der Waals surface area (Å²) in [5.41, 5.74) is -1.46. The number of halogens is 1. The van der Waals surface area contributed by atoms with Crippen molar-refractivity contribution in [1.82, 2.24) is 0 Å². The number of carbonyl (C=O) groups is 2. The smallest absolute Gasteiger partial charge is 0.333 e. The molecule has 0 aromatic rings. The van der Waals surface area contributed by atoms with Crippen LogP contribution in [0.15, 0.2) is 36.5 Å². The average Bonchev–Trinajstić information content (AvgIpc) is 3.16. The van der Waals surface area contributed by atoms with Crippen LogP contribution in [0.4, 0.5) is 0 Å². The van der Waals surface area contributed by atoms with Crippen LogP contribution in [0.5, 0.6) is 0 Å². The molecule has 0 amide bonds. The molecule has 0 aromatic carbocycles. The quantitative estimate of drug-likeness (QED) is 0.617. The number of alkyl halides is 1. The van der Waals surface area contributed by atoms with Gasteiger partial charge in [0.25, 0.3) is 0 Å². The van der Waals surface area contributed by atoms with Crippen LogP contribution in [0, 0.1) is 11.3 Å². The number of carboxylic acids is 2. The number of allylic oxidation sites excluding steroid dienone is 3. The van der Waals surface area contributed by atoms with Gasteiger partial charge in [-0.3, -0.25) is 4.79 Å². The Morgan fingerprint density at radius 2 is 2.05 bits per heavy atom. The third kappa shape index (κ3) is 3.70. The summed E-state index contributed by atoms with van der Waals surface area (Å²) in [5.74, 6) is -1.43. The van der Waals surface area contributed by atoms with Gasteiger partial charge in [-0.2, -0.15) is 0 Å². The SMILES string of the molecule is C=CC1CC1.CC1(C(=O)O)C=CC=C(C(=O)O)C1Cl. The van der Waals surface area contributed by atoms with E-state index in [-0.39, 0.29) is 5.57 Å². The molecule has 2 unspecified atom stereocenters. The standard InChI is InChI=1S/C9H9ClO4.C5H8/c1-9(8(13)14)4-2-3-5(6(9)10)7(11)12;1-2-5-3-4-5/h2-4,6H,1H3,(H,11,12)(H,13,14);2,5H,1,3-4H2. The maximum Gasteiger partial charge on any atom is 0.333 e. The molecular weight excluding hydrogens is 268 g/mol. The van der Waals surface area contributed by atoms with E-state index in [1.54, 1.807) is 0 Å². The summed E-state index contributed by atoms with van der Waals surface area (Å²) in [6.07, 6.45) is 8.91. The lowest BCUT2D eigenvalue weighted by molar-refractivity contribution is -0.145. The van der Waals surface area contributed by atoms with E-state index in [4.69, 9.17) is 21.8 Å². The first kappa shape index (κ1) is 15.5. The van der Waals surface area contributed by atoms with Crippen LogP contribution in [0.25, 0.3) is 0 Å². The van der Waals surface area contributed by atoms with Crippen molar-refractivity contribution in [3.63, 3.8) is 0 Å². The molecule has 4 nitrogen and oxygen atoms in total. The molecule has 2 aliphatic carbocycles. The zero-order valence-corrected chi connectivity index (χ0v) is 11.4. The minimum absolute atomic E-state index is 0.0981. The first-order valence-electron chi connectivity index (χ1n) is 5.95. The fraction of sp³-hybridized carbons (Fsp3) is 0.429. The van der Waals surface area contributed by atoms with Gasteiger partial charge in [0.2, 0.25) is 0 Å². The lowest BCUT2D eigenvalue weighted by Crippen LogP contribution is -2.39. The Hall–Kier alpha value is -1.55. The second-order valence-electron chi connectivity index (χ2n) is 4.81. The molecule has 0 radical (unpaired) electrons. The topological polar surface area (TPSA) is 74.6 Å². The van der Waals surface area contributed by atoms with Gasteiger partial charge in [-0.15, -0.1) is 18.2 Å². The Bertz CT molecular complexity index is 448. The van der Waals surface area contributed by atoms with Gasteiger partial charge < -0.3 is 10.2 Å². The van der Waals surface area contributed by atoms with Crippen molar-refractivity contribution < 1.29 is 19.8 Å². The van der Waals surface area contributed by atoms with E-state index in [1.165, 1.54) is 38.0 Å². The van der Waals surface area contributed by atoms with Crippen molar-refractivity contribution in [2.75, 3.05) is 0 Å². The van der Waals surface area contributed by atoms with Crippen LogP contribution in [0.2, 0.25) is 0 Å². The van der Waals surface area contributed by atoms with E-state index in [1.807, 2.05) is 6.08 Å². The van der Waals surface area contributed by atoms with Crippen LogP contribution in [0.1, 0.15) is 19.8 Å². The van der Waals surface area contributed by atoms with Crippen LogP contribution >= 0.6 is 11.6 Å². The molecule has 1 saturated carbocycles. The van der Waals surface area contributed by atoms with Crippen molar-refractivity contribution in [3.05, 3.63) is 36.5 Å². The lowest BCUT2D eigenvalue weighted by atomic mass is 9.79. The molecule has 5 heteroatoms. The first-order valence-corrected chi connectivity index (χ1v) is 6.39. The second-order valence-corrected chi connectivity index (χ2v) is 5.25. The number of carboxylic acid groups (broad SMARTS) is 2. The molecule has 2 aliphatic rings. The van der Waals surface area contributed by atoms with Gasteiger partial charge in [-0.25, -0.2) is 4.79 Å². The van der Waals surface area contributed by atoms with E-state index in [0.29, 0.717) is 0 Å². The summed E-state index contributed by atoms with van der Waals surface area (Å²) in [7, 11) is 0. The molecule has 0 spiro atoms. The van der Waals surface area contributed by atoms with Gasteiger partial charge in [0.1, 0.15) is 5.41 Å². The highest BCUT2D eigenvalue weighted by Gasteiger charge is 2.43. The monoisotopic (exact) mass is 284 g/mol. The van der Waals surface area contributed by atoms with E-state index < -0.39 is 22.7 Å². The third-order valence-corrected chi connectivity index (χ3v) is 3.87. The van der Waals surface area contributed by atoms with E-state index in [0.717, 1.165) is 5.92 Å². The van der Waals surface area contributed by atoms with Crippen LogP contribution in [-0.2, 0) is 9.59 Å². The molecule has 0 aromatic heterocycles. The van der Waals surface area contributed by atoms with E-state index in [2.05, 4.69) is 6.58 Å². The van der Waals surface area contributed by atoms with Gasteiger partial charge in [-0.1, -0.05) is 24.3 Å². The van der Waals surface area contributed by atoms with Gasteiger partial charge in [0.05, 0.1) is 11.0 Å². The lowest BCUT2D eigenvalue weighted by Gasteiger charge is -2.29. The van der Waals surface area contributed by atoms with Crippen LogP contribution in [-0.4, -0.2) is 27.5 Å². The molecule has 0 heterocycles. The molecule has 1 fully saturated rings. The molecule has 19 heavy (non-hydrogen) atoms. The van der Waals surface area contributed by atoms with Crippen molar-refractivity contribution in [2.24, 2.45) is 11.3 Å². The Morgan fingerprint density at radius 3 is 2.37 bits per heavy atom. The maximum atomic E-state index is 10.9. The molecule has 2 atom stereocenters. The molecule has 2 rings (SSSR count). The highest BCUT2D eigenvalue weighted by atomic mass is 35.5. The number of hydrogen-bond acceptors (Lipinski definition) is 2. The van der Waals surface area contributed by atoms with E-state index in [9.17, 15) is 9.59 Å². The first-order chi connectivity index (χ1) is 8.82. The van der Waals surface area contributed by atoms with Gasteiger partial charge in [-0.05, 0) is 25.7 Å². The fourth-order valence-corrected chi connectivity index (χ4v) is 1.87. The minimum Gasteiger partial charge on any atom is -0.481 e. The van der Waals surface area contributed by atoms with Crippen molar-refractivity contribution in [1.29, 1.82) is 0 Å². The largest absolute Gasteiger partial charge is 0.481 e. The van der Waals surface area contributed by atoms with E-state index >= 15 is 0 Å². The zero-order chi connectivity index (χ0) is 14.6.